The van der Waals surface area contributed by atoms with Crippen LogP contribution in [0, 0.1) is 20.8 Å². The fourth-order valence-electron chi connectivity index (χ4n) is 3.10. The van der Waals surface area contributed by atoms with Crippen LogP contribution in [0.5, 0.6) is 0 Å². The first kappa shape index (κ1) is 19.8. The molecule has 152 valence electrons. The number of amides is 1. The van der Waals surface area contributed by atoms with Crippen molar-refractivity contribution in [1.29, 1.82) is 0 Å². The van der Waals surface area contributed by atoms with E-state index < -0.39 is 0 Å². The van der Waals surface area contributed by atoms with E-state index in [4.69, 9.17) is 16.1 Å². The number of carbonyl (C=O) groups is 1. The molecule has 0 unspecified atom stereocenters. The van der Waals surface area contributed by atoms with E-state index >= 15 is 0 Å². The van der Waals surface area contributed by atoms with Gasteiger partial charge in [-0.05, 0) is 60.5 Å². The fraction of sp³-hybridized carbons (Fsp3) is 0.190. The van der Waals surface area contributed by atoms with Gasteiger partial charge in [0.2, 0.25) is 0 Å². The molecule has 0 saturated carbocycles. The number of benzene rings is 2. The monoisotopic (exact) mass is 422 g/mol. The van der Waals surface area contributed by atoms with Crippen LogP contribution < -0.4 is 5.32 Å². The van der Waals surface area contributed by atoms with Crippen LogP contribution in [0.15, 0.2) is 47.0 Å². The van der Waals surface area contributed by atoms with Gasteiger partial charge in [-0.2, -0.15) is 4.68 Å². The molecule has 0 fully saturated rings. The molecule has 2 aromatic heterocycles. The third-order valence-corrected chi connectivity index (χ3v) is 5.22. The van der Waals surface area contributed by atoms with Gasteiger partial charge in [0.15, 0.2) is 5.82 Å². The third-order valence-electron chi connectivity index (χ3n) is 4.89. The zero-order chi connectivity index (χ0) is 21.3. The molecule has 4 rings (SSSR count). The molecule has 4 aromatic rings. The number of hydrogen-bond acceptors (Lipinski definition) is 6. The molecule has 0 atom stereocenters. The number of carbonyl (C=O) groups excluding carboxylic acids is 1. The summed E-state index contributed by atoms with van der Waals surface area (Å²) in [5, 5.41) is 19.2. The quantitative estimate of drug-likeness (QED) is 0.524. The van der Waals surface area contributed by atoms with Crippen molar-refractivity contribution in [3.8, 4) is 16.9 Å². The first-order chi connectivity index (χ1) is 14.5. The van der Waals surface area contributed by atoms with Crippen molar-refractivity contribution in [2.75, 3.05) is 0 Å². The second-order valence-corrected chi connectivity index (χ2v) is 7.31. The summed E-state index contributed by atoms with van der Waals surface area (Å²) in [6.07, 6.45) is 0. The Hall–Kier alpha value is -3.52. The van der Waals surface area contributed by atoms with Gasteiger partial charge in [-0.25, -0.2) is 0 Å². The van der Waals surface area contributed by atoms with E-state index in [0.29, 0.717) is 33.4 Å². The first-order valence-corrected chi connectivity index (χ1v) is 9.67. The molecule has 30 heavy (non-hydrogen) atoms. The number of aryl methyl sites for hydroxylation is 3. The predicted molar refractivity (Wildman–Crippen MR) is 111 cm³/mol. The number of nitrogens with zero attached hydrogens (tertiary/aromatic N) is 5. The Bertz CT molecular complexity index is 1230. The van der Waals surface area contributed by atoms with E-state index in [1.165, 1.54) is 5.56 Å². The van der Waals surface area contributed by atoms with Crippen LogP contribution in [-0.4, -0.2) is 31.3 Å². The highest BCUT2D eigenvalue weighted by atomic mass is 35.5. The van der Waals surface area contributed by atoms with Crippen LogP contribution >= 0.6 is 11.6 Å². The molecule has 2 aromatic carbocycles. The lowest BCUT2D eigenvalue weighted by molar-refractivity contribution is 0.0948. The van der Waals surface area contributed by atoms with Crippen molar-refractivity contribution in [3.63, 3.8) is 0 Å². The van der Waals surface area contributed by atoms with Crippen LogP contribution in [0.2, 0.25) is 5.02 Å². The minimum Gasteiger partial charge on any atom is -0.360 e. The highest BCUT2D eigenvalue weighted by molar-refractivity contribution is 6.33. The summed E-state index contributed by atoms with van der Waals surface area (Å²) in [7, 11) is 0. The number of hydrogen-bond donors (Lipinski definition) is 1. The Morgan fingerprint density at radius 1 is 1.13 bits per heavy atom. The molecule has 8 nitrogen and oxygen atoms in total. The average molecular weight is 423 g/mol. The van der Waals surface area contributed by atoms with E-state index in [1.807, 2.05) is 44.2 Å². The van der Waals surface area contributed by atoms with Crippen LogP contribution in [0.25, 0.3) is 16.9 Å². The van der Waals surface area contributed by atoms with Gasteiger partial charge in [0.25, 0.3) is 5.91 Å². The summed E-state index contributed by atoms with van der Waals surface area (Å²) in [6.45, 7) is 5.87. The molecule has 1 N–H and O–H groups in total. The zero-order valence-corrected chi connectivity index (χ0v) is 17.4. The molecule has 0 bridgehead atoms. The molecule has 9 heteroatoms. The van der Waals surface area contributed by atoms with Gasteiger partial charge in [0, 0.05) is 5.56 Å². The van der Waals surface area contributed by atoms with E-state index in [-0.39, 0.29) is 12.5 Å². The van der Waals surface area contributed by atoms with Crippen molar-refractivity contribution in [3.05, 3.63) is 75.8 Å². The van der Waals surface area contributed by atoms with Gasteiger partial charge in [-0.15, -0.1) is 5.10 Å². The topological polar surface area (TPSA) is 98.7 Å². The first-order valence-electron chi connectivity index (χ1n) is 9.30. The second kappa shape index (κ2) is 8.08. The standard InChI is InChI=1S/C21H19ClN6O2/c1-12-8-9-15(10-13(12)2)28-18(24-26-27-28)11-23-21(29)19-14(3)30-25-20(19)16-6-4-5-7-17(16)22/h4-10H,11H2,1-3H3,(H,23,29). The predicted octanol–water partition coefficient (Wildman–Crippen LogP) is 3.83. The van der Waals surface area contributed by atoms with E-state index in [9.17, 15) is 4.79 Å². The molecular formula is C21H19ClN6O2. The van der Waals surface area contributed by atoms with E-state index in [1.54, 1.807) is 23.7 Å². The number of halogens is 1. The lowest BCUT2D eigenvalue weighted by Gasteiger charge is -2.09. The van der Waals surface area contributed by atoms with Crippen LogP contribution in [0.4, 0.5) is 0 Å². The van der Waals surface area contributed by atoms with Crippen LogP contribution in [-0.2, 0) is 6.54 Å². The van der Waals surface area contributed by atoms with Crippen LogP contribution in [0.1, 0.15) is 33.1 Å². The Morgan fingerprint density at radius 3 is 2.70 bits per heavy atom. The van der Waals surface area contributed by atoms with Gasteiger partial charge >= 0.3 is 0 Å². The minimum atomic E-state index is -0.349. The minimum absolute atomic E-state index is 0.130. The molecule has 0 aliphatic heterocycles. The molecule has 0 radical (unpaired) electrons. The van der Waals surface area contributed by atoms with Crippen LogP contribution in [0.3, 0.4) is 0 Å². The van der Waals surface area contributed by atoms with Gasteiger partial charge in [0.1, 0.15) is 17.0 Å². The number of rotatable bonds is 5. The van der Waals surface area contributed by atoms with Crippen molar-refractivity contribution < 1.29 is 9.32 Å². The van der Waals surface area contributed by atoms with Gasteiger partial charge in [0.05, 0.1) is 17.3 Å². The smallest absolute Gasteiger partial charge is 0.257 e. The summed E-state index contributed by atoms with van der Waals surface area (Å²) >= 11 is 6.27. The van der Waals surface area contributed by atoms with Gasteiger partial charge in [-0.3, -0.25) is 4.79 Å². The maximum absolute atomic E-state index is 12.9. The zero-order valence-electron chi connectivity index (χ0n) is 16.7. The molecule has 0 aliphatic rings. The van der Waals surface area contributed by atoms with Crippen molar-refractivity contribution in [2.45, 2.75) is 27.3 Å². The molecule has 1 amide bonds. The summed E-state index contributed by atoms with van der Waals surface area (Å²) in [6, 6.07) is 13.1. The summed E-state index contributed by atoms with van der Waals surface area (Å²) in [5.41, 5.74) is 4.48. The molecule has 0 saturated heterocycles. The SMILES string of the molecule is Cc1ccc(-n2nnnc2CNC(=O)c2c(-c3ccccc3Cl)noc2C)cc1C. The summed E-state index contributed by atoms with van der Waals surface area (Å²) < 4.78 is 6.87. The second-order valence-electron chi connectivity index (χ2n) is 6.90. The summed E-state index contributed by atoms with van der Waals surface area (Å²) in [4.78, 5) is 12.9. The van der Waals surface area contributed by atoms with E-state index in [0.717, 1.165) is 11.3 Å². The lowest BCUT2D eigenvalue weighted by Crippen LogP contribution is -2.25. The van der Waals surface area contributed by atoms with Gasteiger partial charge in [-0.1, -0.05) is 41.0 Å². The molecule has 0 spiro atoms. The van der Waals surface area contributed by atoms with E-state index in [2.05, 4.69) is 26.0 Å². The summed E-state index contributed by atoms with van der Waals surface area (Å²) in [5.74, 6) is 0.550. The Kier molecular flexibility index (Phi) is 5.33. The highest BCUT2D eigenvalue weighted by Crippen LogP contribution is 2.30. The normalized spacial score (nSPS) is 10.9. The number of aromatic nitrogens is 5. The van der Waals surface area contributed by atoms with Gasteiger partial charge < -0.3 is 9.84 Å². The Morgan fingerprint density at radius 2 is 1.93 bits per heavy atom. The largest absolute Gasteiger partial charge is 0.360 e. The Balaban J connectivity index is 1.58. The maximum atomic E-state index is 12.9. The fourth-order valence-corrected chi connectivity index (χ4v) is 3.32. The number of nitrogens with one attached hydrogen (secondary N) is 1. The highest BCUT2D eigenvalue weighted by Gasteiger charge is 2.23. The molecular weight excluding hydrogens is 404 g/mol. The maximum Gasteiger partial charge on any atom is 0.257 e. The van der Waals surface area contributed by atoms with Crippen molar-refractivity contribution in [2.24, 2.45) is 0 Å². The van der Waals surface area contributed by atoms with Crippen molar-refractivity contribution in [1.82, 2.24) is 30.7 Å². The lowest BCUT2D eigenvalue weighted by atomic mass is 10.1. The molecule has 2 heterocycles. The Labute approximate surface area is 177 Å². The number of tetrazole rings is 1. The third kappa shape index (κ3) is 3.69. The molecule has 0 aliphatic carbocycles. The average Bonchev–Trinajstić information content (AvgIpc) is 3.35. The van der Waals surface area contributed by atoms with Crippen molar-refractivity contribution >= 4 is 17.5 Å².